The molecule has 0 saturated carbocycles. The predicted molar refractivity (Wildman–Crippen MR) is 65.1 cm³/mol. The van der Waals surface area contributed by atoms with E-state index in [1.807, 2.05) is 0 Å². The van der Waals surface area contributed by atoms with Gasteiger partial charge in [-0.3, -0.25) is 4.68 Å². The molecule has 2 heterocycles. The summed E-state index contributed by atoms with van der Waals surface area (Å²) in [6.07, 6.45) is 0. The second-order valence-corrected chi connectivity index (χ2v) is 5.00. The Hall–Kier alpha value is -1.82. The Bertz CT molecular complexity index is 666. The van der Waals surface area contributed by atoms with Crippen LogP contribution >= 0.6 is 11.8 Å². The highest BCUT2D eigenvalue weighted by Crippen LogP contribution is 2.43. The summed E-state index contributed by atoms with van der Waals surface area (Å²) in [5.74, 6) is -0.896. The zero-order valence-electron chi connectivity index (χ0n) is 9.48. The predicted octanol–water partition coefficient (Wildman–Crippen LogP) is 2.53. The van der Waals surface area contributed by atoms with Crippen molar-refractivity contribution in [3.05, 3.63) is 35.3 Å². The van der Waals surface area contributed by atoms with Crippen LogP contribution in [0.25, 0.3) is 11.3 Å². The minimum absolute atomic E-state index is 0.0508. The molecule has 0 aliphatic carbocycles. The maximum Gasteiger partial charge on any atom is 0.356 e. The summed E-state index contributed by atoms with van der Waals surface area (Å²) >= 11 is 1.31. The molecule has 0 fully saturated rings. The number of rotatable bonds is 1. The molecule has 0 spiro atoms. The van der Waals surface area contributed by atoms with Crippen molar-refractivity contribution >= 4 is 17.7 Å². The number of halogens is 1. The molecule has 0 bridgehead atoms. The van der Waals surface area contributed by atoms with Gasteiger partial charge in [0.2, 0.25) is 0 Å². The molecule has 4 nitrogen and oxygen atoms in total. The van der Waals surface area contributed by atoms with E-state index in [4.69, 9.17) is 5.11 Å². The molecule has 6 heteroatoms. The average molecular weight is 264 g/mol. The van der Waals surface area contributed by atoms with Gasteiger partial charge in [0.05, 0.1) is 10.6 Å². The molecule has 0 saturated heterocycles. The Kier molecular flexibility index (Phi) is 2.41. The third-order valence-electron chi connectivity index (χ3n) is 2.93. The molecule has 1 aromatic carbocycles. The van der Waals surface area contributed by atoms with Gasteiger partial charge in [-0.05, 0) is 6.07 Å². The molecule has 18 heavy (non-hydrogen) atoms. The first-order valence-electron chi connectivity index (χ1n) is 5.30. The Morgan fingerprint density at radius 3 is 3.06 bits per heavy atom. The largest absolute Gasteiger partial charge is 0.476 e. The highest BCUT2D eigenvalue weighted by atomic mass is 32.2. The second-order valence-electron chi connectivity index (χ2n) is 4.01. The summed E-state index contributed by atoms with van der Waals surface area (Å²) in [6, 6.07) is 4.82. The van der Waals surface area contributed by atoms with Crippen molar-refractivity contribution in [2.75, 3.05) is 0 Å². The molecule has 1 aliphatic rings. The highest BCUT2D eigenvalue weighted by Gasteiger charge is 2.28. The Morgan fingerprint density at radius 1 is 1.56 bits per heavy atom. The van der Waals surface area contributed by atoms with E-state index in [1.165, 1.54) is 22.5 Å². The molecule has 0 atom stereocenters. The summed E-state index contributed by atoms with van der Waals surface area (Å²) < 4.78 is 15.2. The van der Waals surface area contributed by atoms with Crippen LogP contribution < -0.4 is 0 Å². The van der Waals surface area contributed by atoms with E-state index in [2.05, 4.69) is 5.10 Å². The van der Waals surface area contributed by atoms with Gasteiger partial charge in [-0.25, -0.2) is 9.18 Å². The summed E-state index contributed by atoms with van der Waals surface area (Å²) in [4.78, 5) is 11.7. The van der Waals surface area contributed by atoms with Crippen LogP contribution in [0.2, 0.25) is 0 Å². The maximum atomic E-state index is 13.7. The second kappa shape index (κ2) is 3.84. The van der Waals surface area contributed by atoms with Gasteiger partial charge >= 0.3 is 5.97 Å². The van der Waals surface area contributed by atoms with Crippen molar-refractivity contribution in [3.8, 4) is 11.3 Å². The maximum absolute atomic E-state index is 13.7. The number of nitrogens with zero attached hydrogens (tertiary/aromatic N) is 2. The molecule has 1 N–H and O–H groups in total. The van der Waals surface area contributed by atoms with Gasteiger partial charge in [-0.15, -0.1) is 11.8 Å². The summed E-state index contributed by atoms with van der Waals surface area (Å²) in [7, 11) is 1.68. The number of carboxylic acid groups (broad SMARTS) is 1. The van der Waals surface area contributed by atoms with Crippen LogP contribution in [0.5, 0.6) is 0 Å². The molecule has 0 radical (unpaired) electrons. The van der Waals surface area contributed by atoms with Gasteiger partial charge in [0.15, 0.2) is 5.69 Å². The van der Waals surface area contributed by atoms with E-state index in [1.54, 1.807) is 19.2 Å². The molecule has 3 rings (SSSR count). The lowest BCUT2D eigenvalue weighted by molar-refractivity contribution is 0.0689. The third-order valence-corrected chi connectivity index (χ3v) is 4.07. The van der Waals surface area contributed by atoms with Crippen LogP contribution in [0.3, 0.4) is 0 Å². The lowest BCUT2D eigenvalue weighted by Crippen LogP contribution is -2.03. The standard InChI is InChI=1S/C12H9FN2O2S/c1-15-10-6-3-2-4-8(13)11(6)18-5-7(10)9(14-15)12(16)17/h2-4H,5H2,1H3,(H,16,17). The molecular weight excluding hydrogens is 255 g/mol. The Morgan fingerprint density at radius 2 is 2.33 bits per heavy atom. The summed E-state index contributed by atoms with van der Waals surface area (Å²) in [6.45, 7) is 0. The smallest absolute Gasteiger partial charge is 0.356 e. The number of hydrogen-bond acceptors (Lipinski definition) is 3. The minimum atomic E-state index is -1.05. The number of hydrogen-bond donors (Lipinski definition) is 1. The van der Waals surface area contributed by atoms with E-state index in [-0.39, 0.29) is 11.5 Å². The number of fused-ring (bicyclic) bond motifs is 3. The van der Waals surface area contributed by atoms with Gasteiger partial charge < -0.3 is 5.11 Å². The van der Waals surface area contributed by atoms with Gasteiger partial charge in [0, 0.05) is 23.9 Å². The average Bonchev–Trinajstić information content (AvgIpc) is 2.68. The first kappa shape index (κ1) is 11.3. The number of aryl methyl sites for hydroxylation is 1. The van der Waals surface area contributed by atoms with E-state index < -0.39 is 5.97 Å². The molecule has 2 aromatic rings. The van der Waals surface area contributed by atoms with Crippen LogP contribution in [-0.2, 0) is 12.8 Å². The van der Waals surface area contributed by atoms with Gasteiger partial charge in [0.1, 0.15) is 5.82 Å². The van der Waals surface area contributed by atoms with Gasteiger partial charge in [-0.2, -0.15) is 5.10 Å². The van der Waals surface area contributed by atoms with Crippen molar-refractivity contribution in [2.45, 2.75) is 10.6 Å². The number of carboxylic acids is 1. The molecule has 0 unspecified atom stereocenters. The first-order valence-corrected chi connectivity index (χ1v) is 6.29. The lowest BCUT2D eigenvalue weighted by atomic mass is 10.1. The normalized spacial score (nSPS) is 13.0. The zero-order valence-corrected chi connectivity index (χ0v) is 10.3. The quantitative estimate of drug-likeness (QED) is 0.860. The number of benzene rings is 1. The van der Waals surface area contributed by atoms with Crippen LogP contribution in [0.15, 0.2) is 23.1 Å². The van der Waals surface area contributed by atoms with Crippen LogP contribution in [0, 0.1) is 5.82 Å². The number of aromatic carboxylic acids is 1. The van der Waals surface area contributed by atoms with Crippen molar-refractivity contribution in [1.29, 1.82) is 0 Å². The lowest BCUT2D eigenvalue weighted by Gasteiger charge is -2.17. The van der Waals surface area contributed by atoms with Gasteiger partial charge in [-0.1, -0.05) is 12.1 Å². The summed E-state index contributed by atoms with van der Waals surface area (Å²) in [5, 5.41) is 13.1. The first-order chi connectivity index (χ1) is 8.59. The topological polar surface area (TPSA) is 55.1 Å². The van der Waals surface area contributed by atoms with Crippen LogP contribution in [0.4, 0.5) is 4.39 Å². The van der Waals surface area contributed by atoms with Crippen LogP contribution in [0.1, 0.15) is 16.1 Å². The Balaban J connectivity index is 2.31. The molecular formula is C12H9FN2O2S. The van der Waals surface area contributed by atoms with Crippen molar-refractivity contribution < 1.29 is 14.3 Å². The molecule has 0 amide bonds. The number of thioether (sulfide) groups is 1. The van der Waals surface area contributed by atoms with Crippen molar-refractivity contribution in [1.82, 2.24) is 9.78 Å². The van der Waals surface area contributed by atoms with Crippen LogP contribution in [-0.4, -0.2) is 20.9 Å². The number of carbonyl (C=O) groups is 1. The van der Waals surface area contributed by atoms with E-state index in [0.29, 0.717) is 27.5 Å². The number of aromatic nitrogens is 2. The fourth-order valence-corrected chi connectivity index (χ4v) is 3.29. The minimum Gasteiger partial charge on any atom is -0.476 e. The van der Waals surface area contributed by atoms with E-state index >= 15 is 0 Å². The highest BCUT2D eigenvalue weighted by molar-refractivity contribution is 7.98. The fourth-order valence-electron chi connectivity index (χ4n) is 2.20. The third kappa shape index (κ3) is 1.45. The van der Waals surface area contributed by atoms with Crippen molar-refractivity contribution in [3.63, 3.8) is 0 Å². The summed E-state index contributed by atoms with van der Waals surface area (Å²) in [5.41, 5.74) is 2.12. The molecule has 92 valence electrons. The SMILES string of the molecule is Cn1nc(C(=O)O)c2c1-c1cccc(F)c1SC2. The van der Waals surface area contributed by atoms with E-state index in [9.17, 15) is 9.18 Å². The monoisotopic (exact) mass is 264 g/mol. The van der Waals surface area contributed by atoms with Crippen molar-refractivity contribution in [2.24, 2.45) is 7.05 Å². The zero-order chi connectivity index (χ0) is 12.9. The van der Waals surface area contributed by atoms with E-state index in [0.717, 1.165) is 0 Å². The Labute approximate surface area is 106 Å². The fraction of sp³-hybridized carbons (Fsp3) is 0.167. The van der Waals surface area contributed by atoms with Gasteiger partial charge in [0.25, 0.3) is 0 Å². The molecule has 1 aromatic heterocycles. The molecule has 1 aliphatic heterocycles.